The molecule has 1 atom stereocenters. The lowest BCUT2D eigenvalue weighted by atomic mass is 9.70. The molecule has 0 radical (unpaired) electrons. The first-order valence-electron chi connectivity index (χ1n) is 10.9. The zero-order chi connectivity index (χ0) is 26.5. The van der Waals surface area contributed by atoms with Crippen LogP contribution >= 0.6 is 0 Å². The van der Waals surface area contributed by atoms with Crippen molar-refractivity contribution >= 4 is 29.2 Å². The summed E-state index contributed by atoms with van der Waals surface area (Å²) in [6.07, 6.45) is 1.13. The van der Waals surface area contributed by atoms with E-state index < -0.39 is 40.2 Å². The Labute approximate surface area is 204 Å². The minimum atomic E-state index is -1.60. The summed E-state index contributed by atoms with van der Waals surface area (Å²) in [6, 6.07) is 0. The SMILES string of the molecule is CC(=O)c1c(O)c(C)c(O)c2c1OC1=CC(=O)C(=C(C)NCCNC(=O)c3nc(N)n[nH]3)C(=O)[C@@]12C. The van der Waals surface area contributed by atoms with Crippen LogP contribution in [0, 0.1) is 6.92 Å². The standard InChI is InChI=1S/C23H24N6O7/c1-8-16(32)14(10(3)30)18-15(17(8)33)23(4)12(36-18)7-11(31)13(19(23)34)9(2)25-5-6-26-21(35)20-27-22(24)29-28-20/h7,25,32-33H,5-6H2,1-4H3,(H,26,35)(H3,24,27,28,29)/t23-/m0/s1. The van der Waals surface area contributed by atoms with E-state index in [1.54, 1.807) is 0 Å². The first-order valence-corrected chi connectivity index (χ1v) is 10.9. The second kappa shape index (κ2) is 8.52. The van der Waals surface area contributed by atoms with Gasteiger partial charge in [0, 0.05) is 30.4 Å². The minimum Gasteiger partial charge on any atom is -0.507 e. The van der Waals surface area contributed by atoms with Crippen LogP contribution in [0.2, 0.25) is 0 Å². The number of carbonyl (C=O) groups excluding carboxylic acids is 4. The number of fused-ring (bicyclic) bond motifs is 3. The summed E-state index contributed by atoms with van der Waals surface area (Å²) in [5.74, 6) is -3.53. The third-order valence-corrected chi connectivity index (χ3v) is 6.28. The number of nitrogen functional groups attached to an aromatic ring is 1. The first kappa shape index (κ1) is 24.4. The summed E-state index contributed by atoms with van der Waals surface area (Å²) in [5, 5.41) is 32.7. The zero-order valence-electron chi connectivity index (χ0n) is 19.9. The molecule has 36 heavy (non-hydrogen) atoms. The van der Waals surface area contributed by atoms with Crippen molar-refractivity contribution in [2.24, 2.45) is 0 Å². The van der Waals surface area contributed by atoms with Crippen molar-refractivity contribution in [3.05, 3.63) is 45.6 Å². The molecule has 0 bridgehead atoms. The van der Waals surface area contributed by atoms with Crippen molar-refractivity contribution in [2.75, 3.05) is 18.8 Å². The Morgan fingerprint density at radius 3 is 2.44 bits per heavy atom. The number of anilines is 1. The molecule has 1 aliphatic heterocycles. The van der Waals surface area contributed by atoms with Crippen LogP contribution in [-0.2, 0) is 15.0 Å². The van der Waals surface area contributed by atoms with Gasteiger partial charge in [-0.3, -0.25) is 24.3 Å². The molecule has 1 aromatic carbocycles. The number of allylic oxidation sites excluding steroid dienone is 4. The quantitative estimate of drug-likeness (QED) is 0.138. The van der Waals surface area contributed by atoms with Crippen LogP contribution in [0.1, 0.15) is 52.9 Å². The largest absolute Gasteiger partial charge is 0.507 e. The van der Waals surface area contributed by atoms with Gasteiger partial charge in [0.15, 0.2) is 17.3 Å². The summed E-state index contributed by atoms with van der Waals surface area (Å²) < 4.78 is 5.73. The number of phenols is 2. The fourth-order valence-electron chi connectivity index (χ4n) is 4.34. The lowest BCUT2D eigenvalue weighted by Crippen LogP contribution is -2.41. The van der Waals surface area contributed by atoms with Gasteiger partial charge in [0.2, 0.25) is 11.8 Å². The molecule has 13 heteroatoms. The van der Waals surface area contributed by atoms with Gasteiger partial charge in [-0.1, -0.05) is 0 Å². The average molecular weight is 496 g/mol. The van der Waals surface area contributed by atoms with Crippen molar-refractivity contribution < 1.29 is 34.1 Å². The average Bonchev–Trinajstić information content (AvgIpc) is 3.36. The molecule has 0 spiro atoms. The molecule has 4 rings (SSSR count). The normalized spacial score (nSPS) is 19.7. The van der Waals surface area contributed by atoms with E-state index in [1.807, 2.05) is 0 Å². The maximum atomic E-state index is 13.7. The van der Waals surface area contributed by atoms with E-state index in [2.05, 4.69) is 25.8 Å². The van der Waals surface area contributed by atoms with Crippen LogP contribution in [0.4, 0.5) is 5.95 Å². The molecular formula is C23H24N6O7. The molecule has 13 nitrogen and oxygen atoms in total. The number of aromatic hydroxyl groups is 2. The van der Waals surface area contributed by atoms with E-state index in [9.17, 15) is 29.4 Å². The number of rotatable bonds is 6. The molecule has 0 saturated carbocycles. The Hall–Kier alpha value is -4.68. The number of Topliss-reactive ketones (excluding diaryl/α,β-unsaturated/α-hetero) is 2. The van der Waals surface area contributed by atoms with Crippen molar-refractivity contribution in [1.82, 2.24) is 25.8 Å². The van der Waals surface area contributed by atoms with Gasteiger partial charge in [-0.25, -0.2) is 0 Å². The number of amides is 1. The van der Waals surface area contributed by atoms with Crippen LogP contribution in [0.5, 0.6) is 17.2 Å². The number of phenolic OH excluding ortho intramolecular Hbond substituents is 2. The highest BCUT2D eigenvalue weighted by Crippen LogP contribution is 2.57. The third kappa shape index (κ3) is 3.56. The van der Waals surface area contributed by atoms with Crippen LogP contribution in [0.25, 0.3) is 0 Å². The van der Waals surface area contributed by atoms with Gasteiger partial charge in [-0.15, -0.1) is 5.10 Å². The number of aromatic nitrogens is 3. The molecule has 2 aromatic rings. The van der Waals surface area contributed by atoms with E-state index >= 15 is 0 Å². The Morgan fingerprint density at radius 2 is 1.83 bits per heavy atom. The second-order valence-electron chi connectivity index (χ2n) is 8.61. The van der Waals surface area contributed by atoms with E-state index in [1.165, 1.54) is 27.7 Å². The van der Waals surface area contributed by atoms with E-state index in [-0.39, 0.29) is 64.3 Å². The first-order chi connectivity index (χ1) is 16.9. The number of ketones is 3. The summed E-state index contributed by atoms with van der Waals surface area (Å²) in [6.45, 7) is 5.93. The number of H-pyrrole nitrogens is 1. The van der Waals surface area contributed by atoms with Crippen LogP contribution in [0.15, 0.2) is 23.1 Å². The number of nitrogens with two attached hydrogens (primary N) is 1. The predicted octanol–water partition coefficient (Wildman–Crippen LogP) is 0.289. The fraction of sp³-hybridized carbons (Fsp3) is 0.304. The lowest BCUT2D eigenvalue weighted by molar-refractivity contribution is -0.123. The highest BCUT2D eigenvalue weighted by Gasteiger charge is 2.56. The molecule has 1 aromatic heterocycles. The number of nitrogens with zero attached hydrogens (tertiary/aromatic N) is 2. The van der Waals surface area contributed by atoms with Crippen molar-refractivity contribution in [2.45, 2.75) is 33.1 Å². The van der Waals surface area contributed by atoms with E-state index in [0.29, 0.717) is 0 Å². The monoisotopic (exact) mass is 496 g/mol. The Balaban J connectivity index is 1.62. The van der Waals surface area contributed by atoms with Crippen LogP contribution in [-0.4, -0.2) is 61.7 Å². The minimum absolute atomic E-state index is 0.00986. The maximum absolute atomic E-state index is 13.7. The molecule has 188 valence electrons. The molecule has 0 unspecified atom stereocenters. The fourth-order valence-corrected chi connectivity index (χ4v) is 4.34. The third-order valence-electron chi connectivity index (χ3n) is 6.28. The Morgan fingerprint density at radius 1 is 1.17 bits per heavy atom. The molecule has 7 N–H and O–H groups in total. The molecule has 0 fully saturated rings. The molecular weight excluding hydrogens is 472 g/mol. The molecule has 0 saturated heterocycles. The van der Waals surface area contributed by atoms with Gasteiger partial charge in [-0.05, 0) is 27.7 Å². The summed E-state index contributed by atoms with van der Waals surface area (Å²) in [5.41, 5.74) is 3.69. The van der Waals surface area contributed by atoms with Crippen LogP contribution in [0.3, 0.4) is 0 Å². The smallest absolute Gasteiger partial charge is 0.288 e. The van der Waals surface area contributed by atoms with Gasteiger partial charge in [-0.2, -0.15) is 4.98 Å². The van der Waals surface area contributed by atoms with E-state index in [4.69, 9.17) is 10.5 Å². The summed E-state index contributed by atoms with van der Waals surface area (Å²) >= 11 is 0. The van der Waals surface area contributed by atoms with Gasteiger partial charge >= 0.3 is 0 Å². The highest BCUT2D eigenvalue weighted by molar-refractivity contribution is 6.31. The highest BCUT2D eigenvalue weighted by atomic mass is 16.5. The molecule has 1 amide bonds. The van der Waals surface area contributed by atoms with Crippen molar-refractivity contribution in [3.8, 4) is 17.2 Å². The Bertz CT molecular complexity index is 1420. The number of benzene rings is 1. The van der Waals surface area contributed by atoms with Gasteiger partial charge < -0.3 is 31.3 Å². The van der Waals surface area contributed by atoms with Crippen LogP contribution < -0.4 is 21.1 Å². The summed E-state index contributed by atoms with van der Waals surface area (Å²) in [7, 11) is 0. The van der Waals surface area contributed by atoms with Crippen molar-refractivity contribution in [3.63, 3.8) is 0 Å². The molecule has 2 heterocycles. The number of hydrogen-bond donors (Lipinski definition) is 6. The van der Waals surface area contributed by atoms with Gasteiger partial charge in [0.25, 0.3) is 5.91 Å². The van der Waals surface area contributed by atoms with Gasteiger partial charge in [0.1, 0.15) is 34.0 Å². The number of carbonyl (C=O) groups is 4. The zero-order valence-corrected chi connectivity index (χ0v) is 19.9. The van der Waals surface area contributed by atoms with Gasteiger partial charge in [0.05, 0.1) is 11.1 Å². The Kier molecular flexibility index (Phi) is 5.78. The predicted molar refractivity (Wildman–Crippen MR) is 124 cm³/mol. The second-order valence-corrected chi connectivity index (χ2v) is 8.61. The number of aromatic amines is 1. The number of nitrogens with one attached hydrogen (secondary N) is 3. The van der Waals surface area contributed by atoms with E-state index in [0.717, 1.165) is 6.08 Å². The van der Waals surface area contributed by atoms with Crippen molar-refractivity contribution in [1.29, 1.82) is 0 Å². The number of ether oxygens (including phenoxy) is 1. The lowest BCUT2D eigenvalue weighted by Gasteiger charge is -2.29. The molecule has 1 aliphatic carbocycles. The maximum Gasteiger partial charge on any atom is 0.288 e. The number of hydrogen-bond acceptors (Lipinski definition) is 11. The molecule has 2 aliphatic rings. The summed E-state index contributed by atoms with van der Waals surface area (Å²) in [4.78, 5) is 54.6. The topological polar surface area (TPSA) is 210 Å².